The largest absolute Gasteiger partial charge is 0.497 e. The van der Waals surface area contributed by atoms with Crippen LogP contribution in [0.1, 0.15) is 18.4 Å². The molecule has 2 N–H and O–H groups in total. The van der Waals surface area contributed by atoms with Crippen molar-refractivity contribution >= 4 is 23.3 Å². The van der Waals surface area contributed by atoms with E-state index in [0.717, 1.165) is 42.9 Å². The van der Waals surface area contributed by atoms with Crippen molar-refractivity contribution < 1.29 is 9.53 Å². The fourth-order valence-electron chi connectivity index (χ4n) is 3.68. The van der Waals surface area contributed by atoms with E-state index in [1.54, 1.807) is 18.0 Å². The van der Waals surface area contributed by atoms with Crippen molar-refractivity contribution in [3.8, 4) is 11.4 Å². The van der Waals surface area contributed by atoms with Gasteiger partial charge >= 0.3 is 6.03 Å². The summed E-state index contributed by atoms with van der Waals surface area (Å²) in [5.74, 6) is 0.857. The van der Waals surface area contributed by atoms with Crippen LogP contribution in [0.2, 0.25) is 5.02 Å². The van der Waals surface area contributed by atoms with E-state index in [1.807, 2.05) is 42.6 Å². The second-order valence-electron chi connectivity index (χ2n) is 7.56. The fourth-order valence-corrected chi connectivity index (χ4v) is 3.81. The summed E-state index contributed by atoms with van der Waals surface area (Å²) in [6.45, 7) is 2.24. The number of nitrogens with zero attached hydrogens (tertiary/aromatic N) is 3. The van der Waals surface area contributed by atoms with Gasteiger partial charge in [0.1, 0.15) is 5.75 Å². The molecule has 2 amide bonds. The van der Waals surface area contributed by atoms with Gasteiger partial charge in [-0.2, -0.15) is 5.10 Å². The number of carbonyl (C=O) groups is 1. The maximum absolute atomic E-state index is 12.3. The SMILES string of the molecule is COc1ccc(N2CCC(NC(=O)NCc3cnn(-c4ccc(Cl)cc4)c3)CC2)cc1. The number of carbonyl (C=O) groups excluding carboxylic acids is 1. The van der Waals surface area contributed by atoms with Crippen LogP contribution in [0.25, 0.3) is 5.69 Å². The third-order valence-electron chi connectivity index (χ3n) is 5.45. The summed E-state index contributed by atoms with van der Waals surface area (Å²) < 4.78 is 6.98. The van der Waals surface area contributed by atoms with E-state index in [2.05, 4.69) is 32.8 Å². The molecule has 3 aromatic rings. The summed E-state index contributed by atoms with van der Waals surface area (Å²) in [4.78, 5) is 14.7. The summed E-state index contributed by atoms with van der Waals surface area (Å²) >= 11 is 5.93. The van der Waals surface area contributed by atoms with Crippen molar-refractivity contribution in [2.24, 2.45) is 0 Å². The molecule has 31 heavy (non-hydrogen) atoms. The topological polar surface area (TPSA) is 71.4 Å². The molecule has 0 unspecified atom stereocenters. The van der Waals surface area contributed by atoms with Gasteiger partial charge in [-0.3, -0.25) is 0 Å². The van der Waals surface area contributed by atoms with Crippen LogP contribution >= 0.6 is 11.6 Å². The van der Waals surface area contributed by atoms with Gasteiger partial charge in [-0.1, -0.05) is 11.6 Å². The van der Waals surface area contributed by atoms with Gasteiger partial charge in [0.15, 0.2) is 0 Å². The summed E-state index contributed by atoms with van der Waals surface area (Å²) in [5.41, 5.74) is 3.03. The predicted molar refractivity (Wildman–Crippen MR) is 122 cm³/mol. The summed E-state index contributed by atoms with van der Waals surface area (Å²) in [7, 11) is 1.67. The molecular formula is C23H26ClN5O2. The smallest absolute Gasteiger partial charge is 0.315 e. The van der Waals surface area contributed by atoms with Gasteiger partial charge in [0.25, 0.3) is 0 Å². The summed E-state index contributed by atoms with van der Waals surface area (Å²) in [6, 6.07) is 15.6. The Kier molecular flexibility index (Phi) is 6.62. The summed E-state index contributed by atoms with van der Waals surface area (Å²) in [6.07, 6.45) is 5.47. The lowest BCUT2D eigenvalue weighted by Gasteiger charge is -2.34. The molecule has 1 aromatic heterocycles. The van der Waals surface area contributed by atoms with Gasteiger partial charge in [0, 0.05) is 48.1 Å². The zero-order valence-corrected chi connectivity index (χ0v) is 18.2. The minimum atomic E-state index is -0.151. The predicted octanol–water partition coefficient (Wildman–Crippen LogP) is 4.00. The first kappa shape index (κ1) is 21.1. The van der Waals surface area contributed by atoms with Crippen LogP contribution in [-0.4, -0.2) is 42.1 Å². The fraction of sp³-hybridized carbons (Fsp3) is 0.304. The van der Waals surface area contributed by atoms with E-state index < -0.39 is 0 Å². The normalized spacial score (nSPS) is 14.3. The quantitative estimate of drug-likeness (QED) is 0.609. The first-order valence-electron chi connectivity index (χ1n) is 10.3. The van der Waals surface area contributed by atoms with Gasteiger partial charge in [0.05, 0.1) is 19.0 Å². The number of anilines is 1. The maximum Gasteiger partial charge on any atom is 0.315 e. The van der Waals surface area contributed by atoms with Crippen molar-refractivity contribution in [2.75, 3.05) is 25.1 Å². The minimum absolute atomic E-state index is 0.151. The van der Waals surface area contributed by atoms with Crippen molar-refractivity contribution in [3.05, 3.63) is 71.5 Å². The van der Waals surface area contributed by atoms with Crippen LogP contribution in [0.15, 0.2) is 60.9 Å². The first-order valence-corrected chi connectivity index (χ1v) is 10.7. The Hall–Kier alpha value is -3.19. The molecule has 1 aliphatic heterocycles. The number of hydrogen-bond donors (Lipinski definition) is 2. The molecule has 0 bridgehead atoms. The molecule has 8 heteroatoms. The van der Waals surface area contributed by atoms with E-state index in [-0.39, 0.29) is 12.1 Å². The minimum Gasteiger partial charge on any atom is -0.497 e. The zero-order chi connectivity index (χ0) is 21.6. The number of nitrogens with one attached hydrogen (secondary N) is 2. The number of urea groups is 1. The Labute approximate surface area is 187 Å². The molecule has 0 radical (unpaired) electrons. The van der Waals surface area contributed by atoms with Crippen LogP contribution in [0.4, 0.5) is 10.5 Å². The molecule has 1 saturated heterocycles. The molecule has 2 heterocycles. The highest BCUT2D eigenvalue weighted by atomic mass is 35.5. The van der Waals surface area contributed by atoms with Gasteiger partial charge < -0.3 is 20.3 Å². The third kappa shape index (κ3) is 5.49. The van der Waals surface area contributed by atoms with Crippen molar-refractivity contribution in [1.29, 1.82) is 0 Å². The second kappa shape index (κ2) is 9.75. The van der Waals surface area contributed by atoms with Crippen LogP contribution < -0.4 is 20.3 Å². The Morgan fingerprint density at radius 3 is 2.45 bits per heavy atom. The highest BCUT2D eigenvalue weighted by Crippen LogP contribution is 2.22. The highest BCUT2D eigenvalue weighted by molar-refractivity contribution is 6.30. The molecule has 0 atom stereocenters. The first-order chi connectivity index (χ1) is 15.1. The maximum atomic E-state index is 12.3. The number of amides is 2. The van der Waals surface area contributed by atoms with E-state index in [1.165, 1.54) is 5.69 Å². The molecule has 1 fully saturated rings. The number of benzene rings is 2. The van der Waals surface area contributed by atoms with Crippen molar-refractivity contribution in [3.63, 3.8) is 0 Å². The van der Waals surface area contributed by atoms with Gasteiger partial charge in [-0.05, 0) is 61.4 Å². The summed E-state index contributed by atoms with van der Waals surface area (Å²) in [5, 5.41) is 11.0. The van der Waals surface area contributed by atoms with Crippen molar-refractivity contribution in [2.45, 2.75) is 25.4 Å². The standard InChI is InChI=1S/C23H26ClN5O2/c1-31-22-8-6-20(7-9-22)28-12-10-19(11-13-28)27-23(30)25-14-17-15-26-29(16-17)21-4-2-18(24)3-5-21/h2-9,15-16,19H,10-14H2,1H3,(H2,25,27,30). The average molecular weight is 440 g/mol. The molecule has 0 saturated carbocycles. The van der Waals surface area contributed by atoms with E-state index in [0.29, 0.717) is 11.6 Å². The van der Waals surface area contributed by atoms with Crippen molar-refractivity contribution in [1.82, 2.24) is 20.4 Å². The monoisotopic (exact) mass is 439 g/mol. The van der Waals surface area contributed by atoms with Gasteiger partial charge in [-0.25, -0.2) is 9.48 Å². The number of methoxy groups -OCH3 is 1. The number of hydrogen-bond acceptors (Lipinski definition) is 4. The Bertz CT molecular complexity index is 996. The molecule has 2 aromatic carbocycles. The molecule has 7 nitrogen and oxygen atoms in total. The Balaban J connectivity index is 1.21. The number of ether oxygens (including phenoxy) is 1. The number of halogens is 1. The van der Waals surface area contributed by atoms with Crippen LogP contribution in [-0.2, 0) is 6.54 Å². The zero-order valence-electron chi connectivity index (χ0n) is 17.4. The van der Waals surface area contributed by atoms with E-state index in [9.17, 15) is 4.79 Å². The number of rotatable bonds is 6. The van der Waals surface area contributed by atoms with E-state index in [4.69, 9.17) is 16.3 Å². The lowest BCUT2D eigenvalue weighted by atomic mass is 10.0. The lowest BCUT2D eigenvalue weighted by Crippen LogP contribution is -2.47. The molecule has 0 aliphatic carbocycles. The molecule has 4 rings (SSSR count). The third-order valence-corrected chi connectivity index (χ3v) is 5.70. The Morgan fingerprint density at radius 2 is 1.77 bits per heavy atom. The second-order valence-corrected chi connectivity index (χ2v) is 7.99. The lowest BCUT2D eigenvalue weighted by molar-refractivity contribution is 0.234. The van der Waals surface area contributed by atoms with E-state index >= 15 is 0 Å². The van der Waals surface area contributed by atoms with Crippen LogP contribution in [0.5, 0.6) is 5.75 Å². The van der Waals surface area contributed by atoms with Gasteiger partial charge in [-0.15, -0.1) is 0 Å². The van der Waals surface area contributed by atoms with Crippen LogP contribution in [0, 0.1) is 0 Å². The average Bonchev–Trinajstić information content (AvgIpc) is 3.28. The molecule has 162 valence electrons. The molecular weight excluding hydrogens is 414 g/mol. The highest BCUT2D eigenvalue weighted by Gasteiger charge is 2.21. The van der Waals surface area contributed by atoms with Gasteiger partial charge in [0.2, 0.25) is 0 Å². The Morgan fingerprint density at radius 1 is 1.10 bits per heavy atom. The molecule has 0 spiro atoms. The molecule has 1 aliphatic rings. The van der Waals surface area contributed by atoms with Crippen LogP contribution in [0.3, 0.4) is 0 Å². The number of aromatic nitrogens is 2. The number of piperidine rings is 1.